The Kier molecular flexibility index (Phi) is 4.01. The first kappa shape index (κ1) is 18.3. The van der Waals surface area contributed by atoms with Crippen molar-refractivity contribution in [2.75, 3.05) is 12.4 Å². The first-order chi connectivity index (χ1) is 15.1. The molecule has 6 rings (SSSR count). The third-order valence-electron chi connectivity index (χ3n) is 6.23. The van der Waals surface area contributed by atoms with Crippen LogP contribution in [0.25, 0.3) is 27.9 Å². The second-order valence-corrected chi connectivity index (χ2v) is 8.42. The summed E-state index contributed by atoms with van der Waals surface area (Å²) in [6.45, 7) is 0. The van der Waals surface area contributed by atoms with Crippen molar-refractivity contribution in [2.24, 2.45) is 0 Å². The molecule has 0 unspecified atom stereocenters. The summed E-state index contributed by atoms with van der Waals surface area (Å²) in [5, 5.41) is 21.4. The van der Waals surface area contributed by atoms with E-state index < -0.39 is 0 Å². The van der Waals surface area contributed by atoms with Crippen LogP contribution in [-0.4, -0.2) is 54.4 Å². The molecule has 0 radical (unpaired) electrons. The van der Waals surface area contributed by atoms with Gasteiger partial charge in [-0.1, -0.05) is 0 Å². The molecule has 0 atom stereocenters. The van der Waals surface area contributed by atoms with Gasteiger partial charge in [0.2, 0.25) is 0 Å². The smallest absolute Gasteiger partial charge is 0.256 e. The number of aromatic nitrogens is 5. The fourth-order valence-corrected chi connectivity index (χ4v) is 4.28. The van der Waals surface area contributed by atoms with Crippen LogP contribution in [0.4, 0.5) is 5.82 Å². The zero-order chi connectivity index (χ0) is 21.1. The number of nitrogens with one attached hydrogen (secondary N) is 2. The molecule has 4 aromatic heterocycles. The van der Waals surface area contributed by atoms with Gasteiger partial charge in [0.05, 0.1) is 18.0 Å². The molecule has 31 heavy (non-hydrogen) atoms. The average molecular weight is 417 g/mol. The summed E-state index contributed by atoms with van der Waals surface area (Å²) < 4.78 is 3.80. The minimum absolute atomic E-state index is 0.142. The molecule has 0 bridgehead atoms. The molecule has 2 fully saturated rings. The molecule has 0 aliphatic heterocycles. The van der Waals surface area contributed by atoms with Crippen molar-refractivity contribution in [2.45, 2.75) is 43.9 Å². The van der Waals surface area contributed by atoms with Crippen LogP contribution in [0.2, 0.25) is 0 Å². The van der Waals surface area contributed by atoms with E-state index in [1.807, 2.05) is 25.2 Å². The molecular weight excluding hydrogens is 394 g/mol. The number of aliphatic hydroxyl groups excluding tert-OH is 1. The van der Waals surface area contributed by atoms with Gasteiger partial charge >= 0.3 is 0 Å². The van der Waals surface area contributed by atoms with Crippen molar-refractivity contribution >= 4 is 28.4 Å². The molecule has 158 valence electrons. The minimum Gasteiger partial charge on any atom is -0.393 e. The predicted octanol–water partition coefficient (Wildman–Crippen LogP) is 2.38. The first-order valence-corrected chi connectivity index (χ1v) is 10.6. The number of carbonyl (C=O) groups is 1. The van der Waals surface area contributed by atoms with Crippen LogP contribution in [-0.2, 0) is 0 Å². The Bertz CT molecular complexity index is 1310. The summed E-state index contributed by atoms with van der Waals surface area (Å²) in [6.07, 6.45) is 8.66. The van der Waals surface area contributed by atoms with Crippen LogP contribution < -0.4 is 10.6 Å². The Balaban J connectivity index is 1.51. The molecular formula is C22H23N7O2. The van der Waals surface area contributed by atoms with Crippen LogP contribution in [0.15, 0.2) is 36.8 Å². The zero-order valence-electron chi connectivity index (χ0n) is 17.1. The third-order valence-corrected chi connectivity index (χ3v) is 6.23. The van der Waals surface area contributed by atoms with Crippen LogP contribution in [0.1, 0.15) is 42.1 Å². The third kappa shape index (κ3) is 2.96. The van der Waals surface area contributed by atoms with Crippen LogP contribution >= 0.6 is 0 Å². The lowest BCUT2D eigenvalue weighted by Gasteiger charge is -2.32. The van der Waals surface area contributed by atoms with Gasteiger partial charge in [-0.15, -0.1) is 0 Å². The van der Waals surface area contributed by atoms with Gasteiger partial charge in [-0.05, 0) is 37.8 Å². The molecule has 2 aliphatic rings. The second kappa shape index (κ2) is 6.78. The Hall–Kier alpha value is -3.46. The van der Waals surface area contributed by atoms with E-state index in [1.54, 1.807) is 16.9 Å². The van der Waals surface area contributed by atoms with Gasteiger partial charge in [0.15, 0.2) is 5.65 Å². The van der Waals surface area contributed by atoms with Gasteiger partial charge in [-0.2, -0.15) is 9.61 Å². The maximum Gasteiger partial charge on any atom is 0.256 e. The van der Waals surface area contributed by atoms with E-state index in [4.69, 9.17) is 4.98 Å². The number of hydrogen-bond donors (Lipinski definition) is 3. The molecule has 2 aliphatic carbocycles. The van der Waals surface area contributed by atoms with Gasteiger partial charge in [-0.3, -0.25) is 4.79 Å². The SMILES string of the molecule is CNc1cc(-c2cn(C3CC(O)C3)c3ncccc23)nc2c(C(=O)NC3CC3)cnn12. The normalized spacial score (nSPS) is 20.7. The molecule has 1 amide bonds. The number of pyridine rings is 1. The lowest BCUT2D eigenvalue weighted by molar-refractivity contribution is 0.0501. The number of anilines is 1. The van der Waals surface area contributed by atoms with E-state index >= 15 is 0 Å². The molecule has 4 heterocycles. The van der Waals surface area contributed by atoms with Crippen molar-refractivity contribution < 1.29 is 9.90 Å². The van der Waals surface area contributed by atoms with Crippen molar-refractivity contribution in [1.82, 2.24) is 29.5 Å². The molecule has 9 heteroatoms. The number of nitrogens with zero attached hydrogens (tertiary/aromatic N) is 5. The highest BCUT2D eigenvalue weighted by Crippen LogP contribution is 2.38. The van der Waals surface area contributed by atoms with E-state index in [1.165, 1.54) is 0 Å². The maximum atomic E-state index is 12.7. The lowest BCUT2D eigenvalue weighted by Crippen LogP contribution is -2.30. The second-order valence-electron chi connectivity index (χ2n) is 8.42. The van der Waals surface area contributed by atoms with E-state index in [0.29, 0.717) is 11.2 Å². The van der Waals surface area contributed by atoms with Crippen molar-refractivity contribution in [3.8, 4) is 11.3 Å². The monoisotopic (exact) mass is 417 g/mol. The fourth-order valence-electron chi connectivity index (χ4n) is 4.28. The van der Waals surface area contributed by atoms with Crippen LogP contribution in [0.5, 0.6) is 0 Å². The summed E-state index contributed by atoms with van der Waals surface area (Å²) >= 11 is 0. The molecule has 2 saturated carbocycles. The Morgan fingerprint density at radius 2 is 2.10 bits per heavy atom. The highest BCUT2D eigenvalue weighted by atomic mass is 16.3. The van der Waals surface area contributed by atoms with E-state index in [2.05, 4.69) is 31.5 Å². The topological polar surface area (TPSA) is 109 Å². The number of rotatable bonds is 5. The fraction of sp³-hybridized carbons (Fsp3) is 0.364. The number of amides is 1. The number of hydrogen-bond acceptors (Lipinski definition) is 6. The molecule has 0 saturated heterocycles. The highest BCUT2D eigenvalue weighted by molar-refractivity contribution is 6.01. The van der Waals surface area contributed by atoms with Gasteiger partial charge in [0, 0.05) is 48.5 Å². The predicted molar refractivity (Wildman–Crippen MR) is 116 cm³/mol. The van der Waals surface area contributed by atoms with E-state index in [0.717, 1.165) is 53.8 Å². The van der Waals surface area contributed by atoms with E-state index in [9.17, 15) is 9.90 Å². The van der Waals surface area contributed by atoms with Crippen molar-refractivity contribution in [1.29, 1.82) is 0 Å². The maximum absolute atomic E-state index is 12.7. The lowest BCUT2D eigenvalue weighted by atomic mass is 9.89. The standard InChI is InChI=1S/C22H23N7O2/c1-23-19-9-18(27-21-16(10-25-29(19)21)22(31)26-12-4-5-12)17-11-28(13-7-14(30)8-13)20-15(17)3-2-6-24-20/h2-3,6,9-14,23,30H,4-5,7-8H2,1H3,(H,26,31). The van der Waals surface area contributed by atoms with Crippen LogP contribution in [0, 0.1) is 0 Å². The molecule has 3 N–H and O–H groups in total. The number of aliphatic hydroxyl groups is 1. The Morgan fingerprint density at radius 1 is 1.26 bits per heavy atom. The molecule has 9 nitrogen and oxygen atoms in total. The van der Waals surface area contributed by atoms with Crippen molar-refractivity contribution in [3.05, 3.63) is 42.4 Å². The first-order valence-electron chi connectivity index (χ1n) is 10.6. The Labute approximate surface area is 178 Å². The molecule has 4 aromatic rings. The van der Waals surface area contributed by atoms with Gasteiger partial charge in [0.25, 0.3) is 5.91 Å². The highest BCUT2D eigenvalue weighted by Gasteiger charge is 2.31. The van der Waals surface area contributed by atoms with Gasteiger partial charge in [-0.25, -0.2) is 9.97 Å². The summed E-state index contributed by atoms with van der Waals surface area (Å²) in [5.41, 5.74) is 3.55. The Morgan fingerprint density at radius 3 is 2.84 bits per heavy atom. The van der Waals surface area contributed by atoms with Crippen molar-refractivity contribution in [3.63, 3.8) is 0 Å². The zero-order valence-corrected chi connectivity index (χ0v) is 17.1. The van der Waals surface area contributed by atoms with Gasteiger partial charge < -0.3 is 20.3 Å². The molecule has 0 spiro atoms. The quantitative estimate of drug-likeness (QED) is 0.460. The van der Waals surface area contributed by atoms with Crippen LogP contribution in [0.3, 0.4) is 0 Å². The number of carbonyl (C=O) groups excluding carboxylic acids is 1. The summed E-state index contributed by atoms with van der Waals surface area (Å²) in [4.78, 5) is 22.2. The summed E-state index contributed by atoms with van der Waals surface area (Å²) in [7, 11) is 1.82. The largest absolute Gasteiger partial charge is 0.393 e. The summed E-state index contributed by atoms with van der Waals surface area (Å²) in [5.74, 6) is 0.603. The average Bonchev–Trinajstić information content (AvgIpc) is 3.33. The summed E-state index contributed by atoms with van der Waals surface area (Å²) in [6, 6.07) is 6.37. The molecule has 0 aromatic carbocycles. The van der Waals surface area contributed by atoms with Gasteiger partial charge in [0.1, 0.15) is 17.0 Å². The number of fused-ring (bicyclic) bond motifs is 2. The van der Waals surface area contributed by atoms with E-state index in [-0.39, 0.29) is 24.1 Å². The minimum atomic E-state index is -0.251.